The zero-order valence-corrected chi connectivity index (χ0v) is 14.6. The van der Waals surface area contributed by atoms with Gasteiger partial charge in [0.2, 0.25) is 0 Å². The first kappa shape index (κ1) is 16.2. The van der Waals surface area contributed by atoms with E-state index in [2.05, 4.69) is 0 Å². The van der Waals surface area contributed by atoms with E-state index in [1.54, 1.807) is 7.11 Å². The van der Waals surface area contributed by atoms with Crippen LogP contribution in [0.5, 0.6) is 5.75 Å². The molecule has 0 aliphatic rings. The minimum atomic E-state index is -0.932. The number of hydrogen-bond donors (Lipinski definition) is 1. The maximum Gasteiger partial charge on any atom is 0.336 e. The van der Waals surface area contributed by atoms with Gasteiger partial charge in [-0.05, 0) is 52.2 Å². The zero-order valence-electron chi connectivity index (χ0n) is 14.6. The molecule has 0 radical (unpaired) electrons. The Bertz CT molecular complexity index is 1160. The fraction of sp³-hybridized carbons (Fsp3) is 0.0870. The number of fused-ring (bicyclic) bond motifs is 2. The van der Waals surface area contributed by atoms with Crippen molar-refractivity contribution in [3.05, 3.63) is 77.9 Å². The molecule has 0 aliphatic carbocycles. The fourth-order valence-electron chi connectivity index (χ4n) is 3.62. The highest BCUT2D eigenvalue weighted by Crippen LogP contribution is 2.39. The number of aryl methyl sites for hydroxylation is 1. The maximum absolute atomic E-state index is 12.1. The van der Waals surface area contributed by atoms with E-state index in [1.165, 1.54) is 0 Å². The first-order valence-electron chi connectivity index (χ1n) is 8.43. The molecule has 0 heterocycles. The predicted molar refractivity (Wildman–Crippen MR) is 105 cm³/mol. The van der Waals surface area contributed by atoms with Crippen molar-refractivity contribution in [2.45, 2.75) is 6.92 Å². The van der Waals surface area contributed by atoms with E-state index >= 15 is 0 Å². The van der Waals surface area contributed by atoms with Crippen LogP contribution in [0.3, 0.4) is 0 Å². The van der Waals surface area contributed by atoms with Gasteiger partial charge in [0.1, 0.15) is 5.75 Å². The van der Waals surface area contributed by atoms with Crippen molar-refractivity contribution in [3.63, 3.8) is 0 Å². The average molecular weight is 342 g/mol. The van der Waals surface area contributed by atoms with Gasteiger partial charge in [-0.3, -0.25) is 0 Å². The number of benzene rings is 4. The summed E-state index contributed by atoms with van der Waals surface area (Å²) in [7, 11) is 1.61. The second-order valence-corrected chi connectivity index (χ2v) is 6.35. The number of ether oxygens (including phenoxy) is 1. The molecule has 26 heavy (non-hydrogen) atoms. The van der Waals surface area contributed by atoms with Gasteiger partial charge >= 0.3 is 5.97 Å². The Labute approximate surface area is 151 Å². The third-order valence-corrected chi connectivity index (χ3v) is 4.88. The number of carboxylic acids is 1. The highest BCUT2D eigenvalue weighted by atomic mass is 16.5. The van der Waals surface area contributed by atoms with E-state index in [0.29, 0.717) is 16.9 Å². The van der Waals surface area contributed by atoms with Crippen LogP contribution in [-0.2, 0) is 0 Å². The first-order valence-corrected chi connectivity index (χ1v) is 8.43. The molecule has 0 atom stereocenters. The summed E-state index contributed by atoms with van der Waals surface area (Å²) in [6.45, 7) is 1.86. The SMILES string of the molecule is COc1cc2ccccc2cc1-c1cc2ccccc2c(C)c1C(=O)O. The monoisotopic (exact) mass is 342 g/mol. The summed E-state index contributed by atoms with van der Waals surface area (Å²) < 4.78 is 5.60. The number of methoxy groups -OCH3 is 1. The Morgan fingerprint density at radius 3 is 2.08 bits per heavy atom. The first-order chi connectivity index (χ1) is 12.6. The predicted octanol–water partition coefficient (Wildman–Crippen LogP) is 5.68. The van der Waals surface area contributed by atoms with Crippen molar-refractivity contribution in [3.8, 4) is 16.9 Å². The third-order valence-electron chi connectivity index (χ3n) is 4.88. The van der Waals surface area contributed by atoms with Crippen LogP contribution in [0.4, 0.5) is 0 Å². The number of hydrogen-bond acceptors (Lipinski definition) is 2. The Morgan fingerprint density at radius 2 is 1.42 bits per heavy atom. The molecule has 0 aliphatic heterocycles. The van der Waals surface area contributed by atoms with E-state index in [1.807, 2.05) is 73.7 Å². The minimum Gasteiger partial charge on any atom is -0.496 e. The van der Waals surface area contributed by atoms with Crippen LogP contribution in [-0.4, -0.2) is 18.2 Å². The van der Waals surface area contributed by atoms with Crippen molar-refractivity contribution in [2.24, 2.45) is 0 Å². The van der Waals surface area contributed by atoms with Crippen molar-refractivity contribution in [1.29, 1.82) is 0 Å². The van der Waals surface area contributed by atoms with Gasteiger partial charge in [0.15, 0.2) is 0 Å². The summed E-state index contributed by atoms with van der Waals surface area (Å²) in [5, 5.41) is 14.0. The molecule has 1 N–H and O–H groups in total. The smallest absolute Gasteiger partial charge is 0.336 e. The largest absolute Gasteiger partial charge is 0.496 e. The van der Waals surface area contributed by atoms with Crippen LogP contribution < -0.4 is 4.74 Å². The maximum atomic E-state index is 12.1. The van der Waals surface area contributed by atoms with Crippen molar-refractivity contribution in [2.75, 3.05) is 7.11 Å². The van der Waals surface area contributed by atoms with E-state index in [0.717, 1.165) is 32.7 Å². The van der Waals surface area contributed by atoms with Gasteiger partial charge in [0, 0.05) is 11.1 Å². The van der Waals surface area contributed by atoms with E-state index in [9.17, 15) is 9.90 Å². The molecule has 0 amide bonds. The topological polar surface area (TPSA) is 46.5 Å². The Morgan fingerprint density at radius 1 is 0.846 bits per heavy atom. The zero-order chi connectivity index (χ0) is 18.3. The van der Waals surface area contributed by atoms with Crippen LogP contribution >= 0.6 is 0 Å². The molecule has 4 aromatic carbocycles. The van der Waals surface area contributed by atoms with Crippen LogP contribution in [0.1, 0.15) is 15.9 Å². The summed E-state index contributed by atoms with van der Waals surface area (Å²) in [4.78, 5) is 12.1. The van der Waals surface area contributed by atoms with E-state index < -0.39 is 5.97 Å². The highest BCUT2D eigenvalue weighted by molar-refractivity contribution is 6.06. The summed E-state index contributed by atoms with van der Waals surface area (Å²) in [5.41, 5.74) is 2.55. The van der Waals surface area contributed by atoms with E-state index in [-0.39, 0.29) is 0 Å². The Kier molecular flexibility index (Phi) is 3.85. The lowest BCUT2D eigenvalue weighted by atomic mass is 9.89. The van der Waals surface area contributed by atoms with E-state index in [4.69, 9.17) is 4.74 Å². The van der Waals surface area contributed by atoms with Crippen LogP contribution in [0.2, 0.25) is 0 Å². The lowest BCUT2D eigenvalue weighted by molar-refractivity contribution is 0.0697. The summed E-state index contributed by atoms with van der Waals surface area (Å²) in [6, 6.07) is 21.7. The normalized spacial score (nSPS) is 11.0. The summed E-state index contributed by atoms with van der Waals surface area (Å²) in [6.07, 6.45) is 0. The molecule has 4 rings (SSSR count). The van der Waals surface area contributed by atoms with Gasteiger partial charge in [-0.2, -0.15) is 0 Å². The molecule has 0 aromatic heterocycles. The summed E-state index contributed by atoms with van der Waals surface area (Å²) >= 11 is 0. The molecule has 128 valence electrons. The molecule has 3 heteroatoms. The van der Waals surface area contributed by atoms with Gasteiger partial charge < -0.3 is 9.84 Å². The highest BCUT2D eigenvalue weighted by Gasteiger charge is 2.20. The third kappa shape index (κ3) is 2.49. The molecule has 0 unspecified atom stereocenters. The van der Waals surface area contributed by atoms with Gasteiger partial charge in [-0.25, -0.2) is 4.79 Å². The molecule has 0 spiro atoms. The Hall–Kier alpha value is -3.33. The molecular formula is C23H18O3. The summed E-state index contributed by atoms with van der Waals surface area (Å²) in [5.74, 6) is -0.264. The van der Waals surface area contributed by atoms with Gasteiger partial charge in [0.25, 0.3) is 0 Å². The lowest BCUT2D eigenvalue weighted by Gasteiger charge is -2.16. The number of carbonyl (C=O) groups is 1. The number of rotatable bonds is 3. The molecule has 3 nitrogen and oxygen atoms in total. The van der Waals surface area contributed by atoms with Gasteiger partial charge in [0.05, 0.1) is 12.7 Å². The van der Waals surface area contributed by atoms with Crippen molar-refractivity contribution >= 4 is 27.5 Å². The molecular weight excluding hydrogens is 324 g/mol. The molecule has 0 bridgehead atoms. The molecule has 4 aromatic rings. The minimum absolute atomic E-state index is 0.317. The molecule has 0 fully saturated rings. The number of carboxylic acid groups (broad SMARTS) is 1. The van der Waals surface area contributed by atoms with Gasteiger partial charge in [-0.15, -0.1) is 0 Å². The van der Waals surface area contributed by atoms with Crippen molar-refractivity contribution in [1.82, 2.24) is 0 Å². The molecule has 0 saturated heterocycles. The number of aromatic carboxylic acids is 1. The van der Waals surface area contributed by atoms with Crippen LogP contribution in [0, 0.1) is 6.92 Å². The van der Waals surface area contributed by atoms with Crippen LogP contribution in [0.15, 0.2) is 66.7 Å². The Balaban J connectivity index is 2.12. The second-order valence-electron chi connectivity index (χ2n) is 6.35. The molecule has 0 saturated carbocycles. The second kappa shape index (κ2) is 6.19. The lowest BCUT2D eigenvalue weighted by Crippen LogP contribution is -2.04. The standard InChI is InChI=1S/C23H18O3/c1-14-18-10-6-5-9-17(18)12-20(22(14)23(24)25)19-11-15-7-3-4-8-16(15)13-21(19)26-2/h3-13H,1-2H3,(H,24,25). The van der Waals surface area contributed by atoms with Crippen molar-refractivity contribution < 1.29 is 14.6 Å². The average Bonchev–Trinajstić information content (AvgIpc) is 2.66. The fourth-order valence-corrected chi connectivity index (χ4v) is 3.62. The van der Waals surface area contributed by atoms with Gasteiger partial charge in [-0.1, -0.05) is 48.5 Å². The van der Waals surface area contributed by atoms with Crippen LogP contribution in [0.25, 0.3) is 32.7 Å². The quantitative estimate of drug-likeness (QED) is 0.521.